The van der Waals surface area contributed by atoms with E-state index in [0.717, 1.165) is 12.8 Å². The lowest BCUT2D eigenvalue weighted by molar-refractivity contribution is -0.141. The van der Waals surface area contributed by atoms with Gasteiger partial charge in [-0.15, -0.1) is 0 Å². The van der Waals surface area contributed by atoms with Crippen molar-refractivity contribution in [1.82, 2.24) is 0 Å². The van der Waals surface area contributed by atoms with E-state index in [1.165, 1.54) is 0 Å². The Kier molecular flexibility index (Phi) is 4.88. The van der Waals surface area contributed by atoms with Crippen molar-refractivity contribution in [2.24, 2.45) is 0 Å². The van der Waals surface area contributed by atoms with E-state index in [1.807, 2.05) is 4.90 Å². The Balaban J connectivity index is 2.35. The molecule has 0 spiro atoms. The minimum absolute atomic E-state index is 0.0436. The van der Waals surface area contributed by atoms with Gasteiger partial charge >= 0.3 is 5.97 Å². The van der Waals surface area contributed by atoms with Gasteiger partial charge in [-0.2, -0.15) is 0 Å². The zero-order chi connectivity index (χ0) is 15.5. The van der Waals surface area contributed by atoms with Gasteiger partial charge in [0.05, 0.1) is 22.9 Å². The number of esters is 1. The summed E-state index contributed by atoms with van der Waals surface area (Å²) in [4.78, 5) is 13.9. The second-order valence-corrected chi connectivity index (χ2v) is 7.28. The zero-order valence-electron chi connectivity index (χ0n) is 12.4. The fraction of sp³-hybridized carbons (Fsp3) is 0.533. The molecule has 1 aliphatic carbocycles. The summed E-state index contributed by atoms with van der Waals surface area (Å²) in [6, 6.07) is 7.10. The molecule has 0 atom stereocenters. The molecular formula is C15H21NO4S. The number of nitrogens with zero attached hydrogens (tertiary/aromatic N) is 1. The lowest BCUT2D eigenvalue weighted by Crippen LogP contribution is -2.34. The third-order valence-corrected chi connectivity index (χ3v) is 5.26. The van der Waals surface area contributed by atoms with Crippen LogP contribution in [0, 0.1) is 0 Å². The molecule has 0 unspecified atom stereocenters. The molecule has 116 valence electrons. The molecule has 5 nitrogen and oxygen atoms in total. The quantitative estimate of drug-likeness (QED) is 0.721. The summed E-state index contributed by atoms with van der Waals surface area (Å²) in [5, 5.41) is 0. The highest BCUT2D eigenvalue weighted by atomic mass is 32.2. The Morgan fingerprint density at radius 2 is 1.95 bits per heavy atom. The van der Waals surface area contributed by atoms with E-state index in [-0.39, 0.29) is 24.3 Å². The molecule has 0 aromatic heterocycles. The van der Waals surface area contributed by atoms with E-state index < -0.39 is 9.84 Å². The molecular weight excluding hydrogens is 290 g/mol. The molecule has 0 N–H and O–H groups in total. The maximum atomic E-state index is 12.2. The predicted molar refractivity (Wildman–Crippen MR) is 81.2 cm³/mol. The predicted octanol–water partition coefficient (Wildman–Crippen LogP) is 2.01. The Bertz CT molecular complexity index is 608. The molecule has 0 radical (unpaired) electrons. The number of sulfone groups is 1. The first-order valence-electron chi connectivity index (χ1n) is 7.23. The lowest BCUT2D eigenvalue weighted by Gasteiger charge is -2.25. The van der Waals surface area contributed by atoms with Gasteiger partial charge in [0.2, 0.25) is 0 Å². The van der Waals surface area contributed by atoms with E-state index in [0.29, 0.717) is 17.2 Å². The molecule has 1 aliphatic rings. The van der Waals surface area contributed by atoms with Crippen molar-refractivity contribution < 1.29 is 17.9 Å². The van der Waals surface area contributed by atoms with Gasteiger partial charge in [0.1, 0.15) is 6.54 Å². The van der Waals surface area contributed by atoms with Crippen LogP contribution in [0.3, 0.4) is 0 Å². The molecule has 1 saturated carbocycles. The van der Waals surface area contributed by atoms with E-state index in [2.05, 4.69) is 0 Å². The first kappa shape index (κ1) is 15.8. The average molecular weight is 311 g/mol. The van der Waals surface area contributed by atoms with E-state index in [9.17, 15) is 13.2 Å². The topological polar surface area (TPSA) is 63.7 Å². The molecule has 0 heterocycles. The van der Waals surface area contributed by atoms with Crippen LogP contribution >= 0.6 is 0 Å². The SMILES string of the molecule is CCOC(=O)CN(c1ccccc1S(=O)(=O)CC)C1CC1. The van der Waals surface area contributed by atoms with Crippen molar-refractivity contribution in [1.29, 1.82) is 0 Å². The Hall–Kier alpha value is -1.56. The van der Waals surface area contributed by atoms with Gasteiger partial charge in [-0.3, -0.25) is 4.79 Å². The van der Waals surface area contributed by atoms with Crippen molar-refractivity contribution in [2.75, 3.05) is 23.8 Å². The van der Waals surface area contributed by atoms with Gasteiger partial charge in [-0.25, -0.2) is 8.42 Å². The first-order chi connectivity index (χ1) is 9.99. The van der Waals surface area contributed by atoms with Crippen LogP contribution in [0.1, 0.15) is 26.7 Å². The molecule has 1 aromatic rings. The zero-order valence-corrected chi connectivity index (χ0v) is 13.2. The molecule has 1 aromatic carbocycles. The highest BCUT2D eigenvalue weighted by molar-refractivity contribution is 7.91. The maximum absolute atomic E-state index is 12.2. The van der Waals surface area contributed by atoms with Gasteiger partial charge < -0.3 is 9.64 Å². The van der Waals surface area contributed by atoms with Gasteiger partial charge in [0, 0.05) is 6.04 Å². The summed E-state index contributed by atoms with van der Waals surface area (Å²) in [6.45, 7) is 3.80. The Morgan fingerprint density at radius 1 is 1.29 bits per heavy atom. The number of carbonyl (C=O) groups is 1. The van der Waals surface area contributed by atoms with Crippen molar-refractivity contribution in [3.63, 3.8) is 0 Å². The summed E-state index contributed by atoms with van der Waals surface area (Å²) in [5.41, 5.74) is 0.606. The van der Waals surface area contributed by atoms with Crippen molar-refractivity contribution in [3.8, 4) is 0 Å². The smallest absolute Gasteiger partial charge is 0.325 e. The highest BCUT2D eigenvalue weighted by Gasteiger charge is 2.33. The fourth-order valence-corrected chi connectivity index (χ4v) is 3.36. The third kappa shape index (κ3) is 3.75. The summed E-state index contributed by atoms with van der Waals surface area (Å²) in [6.07, 6.45) is 1.94. The molecule has 6 heteroatoms. The van der Waals surface area contributed by atoms with Gasteiger partial charge in [-0.05, 0) is 31.9 Å². The highest BCUT2D eigenvalue weighted by Crippen LogP contribution is 2.35. The summed E-state index contributed by atoms with van der Waals surface area (Å²) in [5.74, 6) is -0.282. The minimum Gasteiger partial charge on any atom is -0.465 e. The molecule has 0 bridgehead atoms. The maximum Gasteiger partial charge on any atom is 0.325 e. The molecule has 1 fully saturated rings. The van der Waals surface area contributed by atoms with Gasteiger partial charge in [0.15, 0.2) is 9.84 Å². The molecule has 0 saturated heterocycles. The fourth-order valence-electron chi connectivity index (χ4n) is 2.26. The number of carbonyl (C=O) groups excluding carboxylic acids is 1. The third-order valence-electron chi connectivity index (χ3n) is 3.48. The number of rotatable bonds is 7. The molecule has 21 heavy (non-hydrogen) atoms. The van der Waals surface area contributed by atoms with E-state index in [4.69, 9.17) is 4.74 Å². The summed E-state index contributed by atoms with van der Waals surface area (Å²) < 4.78 is 29.5. The number of hydrogen-bond donors (Lipinski definition) is 0. The second-order valence-electron chi connectivity index (χ2n) is 5.04. The van der Waals surface area contributed by atoms with Crippen molar-refractivity contribution in [2.45, 2.75) is 37.6 Å². The first-order valence-corrected chi connectivity index (χ1v) is 8.88. The Labute approximate surface area is 125 Å². The summed E-state index contributed by atoms with van der Waals surface area (Å²) >= 11 is 0. The van der Waals surface area contributed by atoms with Crippen molar-refractivity contribution in [3.05, 3.63) is 24.3 Å². The molecule has 0 aliphatic heterocycles. The molecule has 2 rings (SSSR count). The van der Waals surface area contributed by atoms with Gasteiger partial charge in [0.25, 0.3) is 0 Å². The Morgan fingerprint density at radius 3 is 2.52 bits per heavy atom. The lowest BCUT2D eigenvalue weighted by atomic mass is 10.2. The van der Waals surface area contributed by atoms with Crippen LogP contribution in [-0.2, 0) is 19.4 Å². The summed E-state index contributed by atoms with van der Waals surface area (Å²) in [7, 11) is -3.32. The molecule has 0 amide bonds. The number of anilines is 1. The monoisotopic (exact) mass is 311 g/mol. The van der Waals surface area contributed by atoms with E-state index in [1.54, 1.807) is 38.1 Å². The number of benzene rings is 1. The van der Waals surface area contributed by atoms with Crippen LogP contribution < -0.4 is 4.90 Å². The number of ether oxygens (including phenoxy) is 1. The normalized spacial score (nSPS) is 14.8. The number of para-hydroxylation sites is 1. The standard InChI is InChI=1S/C15H21NO4S/c1-3-20-15(17)11-16(12-9-10-12)13-7-5-6-8-14(13)21(18,19)4-2/h5-8,12H,3-4,9-11H2,1-2H3. The van der Waals surface area contributed by atoms with Crippen LogP contribution in [0.2, 0.25) is 0 Å². The average Bonchev–Trinajstić information content (AvgIpc) is 3.30. The second kappa shape index (κ2) is 6.47. The number of hydrogen-bond acceptors (Lipinski definition) is 5. The van der Waals surface area contributed by atoms with Crippen LogP contribution in [0.5, 0.6) is 0 Å². The van der Waals surface area contributed by atoms with Crippen LogP contribution in [0.25, 0.3) is 0 Å². The van der Waals surface area contributed by atoms with Crippen LogP contribution in [0.4, 0.5) is 5.69 Å². The van der Waals surface area contributed by atoms with Crippen LogP contribution in [0.15, 0.2) is 29.2 Å². The van der Waals surface area contributed by atoms with Crippen LogP contribution in [-0.4, -0.2) is 39.3 Å². The largest absolute Gasteiger partial charge is 0.465 e. The van der Waals surface area contributed by atoms with Gasteiger partial charge in [-0.1, -0.05) is 19.1 Å². The van der Waals surface area contributed by atoms with E-state index >= 15 is 0 Å². The van der Waals surface area contributed by atoms with Crippen molar-refractivity contribution >= 4 is 21.5 Å². The minimum atomic E-state index is -3.32.